The summed E-state index contributed by atoms with van der Waals surface area (Å²) in [5, 5.41) is 0. The SMILES string of the molecule is NNC(=O)C(c1ccccc1)N1CCCSCC1. The molecule has 98 valence electrons. The van der Waals surface area contributed by atoms with Crippen LogP contribution >= 0.6 is 11.8 Å². The van der Waals surface area contributed by atoms with Gasteiger partial charge in [-0.15, -0.1) is 0 Å². The number of rotatable bonds is 3. The number of hydrazine groups is 1. The van der Waals surface area contributed by atoms with Crippen molar-refractivity contribution in [3.05, 3.63) is 35.9 Å². The topological polar surface area (TPSA) is 58.4 Å². The van der Waals surface area contributed by atoms with E-state index in [-0.39, 0.29) is 11.9 Å². The van der Waals surface area contributed by atoms with Crippen LogP contribution in [0.2, 0.25) is 0 Å². The van der Waals surface area contributed by atoms with Crippen molar-refractivity contribution in [3.8, 4) is 0 Å². The van der Waals surface area contributed by atoms with Crippen LogP contribution in [0.15, 0.2) is 30.3 Å². The molecule has 1 aromatic carbocycles. The number of thioether (sulfide) groups is 1. The third-order valence-electron chi connectivity index (χ3n) is 3.13. The smallest absolute Gasteiger partial charge is 0.255 e. The van der Waals surface area contributed by atoms with Gasteiger partial charge in [-0.2, -0.15) is 11.8 Å². The van der Waals surface area contributed by atoms with E-state index in [1.165, 1.54) is 5.75 Å². The average Bonchev–Trinajstić information content (AvgIpc) is 2.69. The van der Waals surface area contributed by atoms with Crippen LogP contribution in [0.3, 0.4) is 0 Å². The number of carbonyl (C=O) groups is 1. The fourth-order valence-electron chi connectivity index (χ4n) is 2.27. The van der Waals surface area contributed by atoms with Gasteiger partial charge in [-0.1, -0.05) is 30.3 Å². The fraction of sp³-hybridized carbons (Fsp3) is 0.462. The van der Waals surface area contributed by atoms with E-state index < -0.39 is 0 Å². The molecule has 1 fully saturated rings. The van der Waals surface area contributed by atoms with Crippen LogP contribution in [0.1, 0.15) is 18.0 Å². The monoisotopic (exact) mass is 265 g/mol. The van der Waals surface area contributed by atoms with E-state index in [0.29, 0.717) is 0 Å². The van der Waals surface area contributed by atoms with Crippen LogP contribution in [-0.2, 0) is 4.79 Å². The molecular formula is C13H19N3OS. The van der Waals surface area contributed by atoms with E-state index in [9.17, 15) is 4.79 Å². The Hall–Kier alpha value is -1.04. The van der Waals surface area contributed by atoms with E-state index >= 15 is 0 Å². The molecule has 1 amide bonds. The normalized spacial score (nSPS) is 18.9. The maximum Gasteiger partial charge on any atom is 0.255 e. The number of nitrogens with one attached hydrogen (secondary N) is 1. The second-order valence-electron chi connectivity index (χ2n) is 4.32. The molecule has 0 bridgehead atoms. The summed E-state index contributed by atoms with van der Waals surface area (Å²) in [4.78, 5) is 14.3. The molecule has 1 aliphatic heterocycles. The second-order valence-corrected chi connectivity index (χ2v) is 5.55. The van der Waals surface area contributed by atoms with Crippen molar-refractivity contribution in [3.63, 3.8) is 0 Å². The third-order valence-corrected chi connectivity index (χ3v) is 4.18. The Bertz CT molecular complexity index is 377. The van der Waals surface area contributed by atoms with Gasteiger partial charge in [-0.3, -0.25) is 15.1 Å². The summed E-state index contributed by atoms with van der Waals surface area (Å²) in [6, 6.07) is 9.57. The molecule has 4 nitrogen and oxygen atoms in total. The average molecular weight is 265 g/mol. The minimum Gasteiger partial charge on any atom is -0.293 e. The lowest BCUT2D eigenvalue weighted by Gasteiger charge is -2.29. The molecule has 18 heavy (non-hydrogen) atoms. The summed E-state index contributed by atoms with van der Waals surface area (Å²) in [5.74, 6) is 7.43. The first-order chi connectivity index (χ1) is 8.83. The van der Waals surface area contributed by atoms with Crippen molar-refractivity contribution in [2.45, 2.75) is 12.5 Å². The molecule has 1 unspecified atom stereocenters. The van der Waals surface area contributed by atoms with Crippen molar-refractivity contribution in [2.24, 2.45) is 5.84 Å². The summed E-state index contributed by atoms with van der Waals surface area (Å²) in [6.07, 6.45) is 1.12. The van der Waals surface area contributed by atoms with Crippen LogP contribution in [0.25, 0.3) is 0 Å². The molecule has 1 aliphatic rings. The van der Waals surface area contributed by atoms with Crippen LogP contribution in [0.4, 0.5) is 0 Å². The molecule has 0 aliphatic carbocycles. The lowest BCUT2D eigenvalue weighted by atomic mass is 10.0. The molecule has 1 atom stereocenters. The van der Waals surface area contributed by atoms with Gasteiger partial charge in [0.25, 0.3) is 5.91 Å². The summed E-state index contributed by atoms with van der Waals surface area (Å²) < 4.78 is 0. The third kappa shape index (κ3) is 3.25. The maximum atomic E-state index is 12.0. The highest BCUT2D eigenvalue weighted by molar-refractivity contribution is 7.99. The highest BCUT2D eigenvalue weighted by atomic mass is 32.2. The van der Waals surface area contributed by atoms with Gasteiger partial charge in [-0.25, -0.2) is 5.84 Å². The molecular weight excluding hydrogens is 246 g/mol. The van der Waals surface area contributed by atoms with Gasteiger partial charge >= 0.3 is 0 Å². The van der Waals surface area contributed by atoms with Gasteiger partial charge in [0.05, 0.1) is 0 Å². The zero-order chi connectivity index (χ0) is 12.8. The van der Waals surface area contributed by atoms with Gasteiger partial charge in [0.1, 0.15) is 6.04 Å². The van der Waals surface area contributed by atoms with E-state index in [4.69, 9.17) is 5.84 Å². The molecule has 3 N–H and O–H groups in total. The summed E-state index contributed by atoms with van der Waals surface area (Å²) in [6.45, 7) is 1.87. The Morgan fingerprint density at radius 1 is 1.28 bits per heavy atom. The number of hydrogen-bond donors (Lipinski definition) is 2. The van der Waals surface area contributed by atoms with Crippen molar-refractivity contribution in [2.75, 3.05) is 24.6 Å². The molecule has 0 radical (unpaired) electrons. The maximum absolute atomic E-state index is 12.0. The Labute approximate surface area is 112 Å². The number of hydrogen-bond acceptors (Lipinski definition) is 4. The quantitative estimate of drug-likeness (QED) is 0.489. The number of benzene rings is 1. The molecule has 5 heteroatoms. The first-order valence-corrected chi connectivity index (χ1v) is 7.35. The van der Waals surface area contributed by atoms with E-state index in [1.54, 1.807) is 0 Å². The van der Waals surface area contributed by atoms with Gasteiger partial charge in [0.15, 0.2) is 0 Å². The van der Waals surface area contributed by atoms with Gasteiger partial charge in [0, 0.05) is 18.8 Å². The lowest BCUT2D eigenvalue weighted by Crippen LogP contribution is -2.44. The molecule has 1 saturated heterocycles. The minimum atomic E-state index is -0.269. The highest BCUT2D eigenvalue weighted by Gasteiger charge is 2.27. The zero-order valence-corrected chi connectivity index (χ0v) is 11.2. The Balaban J connectivity index is 2.21. The fourth-order valence-corrected chi connectivity index (χ4v) is 3.17. The van der Waals surface area contributed by atoms with Gasteiger partial charge in [-0.05, 0) is 17.7 Å². The van der Waals surface area contributed by atoms with Crippen LogP contribution in [0, 0.1) is 0 Å². The summed E-state index contributed by atoms with van der Waals surface area (Å²) >= 11 is 1.95. The van der Waals surface area contributed by atoms with Crippen molar-refractivity contribution >= 4 is 17.7 Å². The van der Waals surface area contributed by atoms with Crippen molar-refractivity contribution < 1.29 is 4.79 Å². The Kier molecular flexibility index (Phi) is 5.04. The number of amides is 1. The summed E-state index contributed by atoms with van der Waals surface area (Å²) in [7, 11) is 0. The van der Waals surface area contributed by atoms with Crippen LogP contribution in [0.5, 0.6) is 0 Å². The van der Waals surface area contributed by atoms with E-state index in [1.807, 2.05) is 42.1 Å². The number of carbonyl (C=O) groups excluding carboxylic acids is 1. The highest BCUT2D eigenvalue weighted by Crippen LogP contribution is 2.23. The van der Waals surface area contributed by atoms with Crippen LogP contribution < -0.4 is 11.3 Å². The minimum absolute atomic E-state index is 0.131. The molecule has 0 saturated carbocycles. The number of nitrogens with zero attached hydrogens (tertiary/aromatic N) is 1. The zero-order valence-electron chi connectivity index (χ0n) is 10.3. The lowest BCUT2D eigenvalue weighted by molar-refractivity contribution is -0.126. The largest absolute Gasteiger partial charge is 0.293 e. The molecule has 0 spiro atoms. The summed E-state index contributed by atoms with van der Waals surface area (Å²) in [5.41, 5.74) is 3.30. The van der Waals surface area contributed by atoms with Crippen LogP contribution in [-0.4, -0.2) is 35.4 Å². The molecule has 2 rings (SSSR count). The molecule has 0 aromatic heterocycles. The van der Waals surface area contributed by atoms with E-state index in [0.717, 1.165) is 30.8 Å². The predicted molar refractivity (Wildman–Crippen MR) is 75.0 cm³/mol. The Morgan fingerprint density at radius 3 is 2.78 bits per heavy atom. The van der Waals surface area contributed by atoms with Crippen molar-refractivity contribution in [1.29, 1.82) is 0 Å². The number of nitrogens with two attached hydrogens (primary N) is 1. The molecule has 1 heterocycles. The second kappa shape index (κ2) is 6.78. The van der Waals surface area contributed by atoms with Crippen molar-refractivity contribution in [1.82, 2.24) is 10.3 Å². The molecule has 1 aromatic rings. The standard InChI is InChI=1S/C13H19N3OS/c14-15-13(17)12(11-5-2-1-3-6-11)16-7-4-9-18-10-8-16/h1-3,5-6,12H,4,7-10,14H2,(H,15,17). The van der Waals surface area contributed by atoms with Gasteiger partial charge in [0.2, 0.25) is 0 Å². The van der Waals surface area contributed by atoms with Gasteiger partial charge < -0.3 is 0 Å². The Morgan fingerprint density at radius 2 is 2.06 bits per heavy atom. The first-order valence-electron chi connectivity index (χ1n) is 6.20. The first kappa shape index (κ1) is 13.4. The van der Waals surface area contributed by atoms with E-state index in [2.05, 4.69) is 10.3 Å². The predicted octanol–water partition coefficient (Wildman–Crippen LogP) is 1.16.